The highest BCUT2D eigenvalue weighted by Gasteiger charge is 2.31. The Hall–Kier alpha value is -1.78. The predicted molar refractivity (Wildman–Crippen MR) is 64.6 cm³/mol. The molecule has 0 aliphatic heterocycles. The van der Waals surface area contributed by atoms with Crippen molar-refractivity contribution in [2.45, 2.75) is 20.3 Å². The van der Waals surface area contributed by atoms with E-state index in [0.717, 1.165) is 0 Å². The Kier molecular flexibility index (Phi) is 4.16. The lowest BCUT2D eigenvalue weighted by molar-refractivity contribution is -0.146. The van der Waals surface area contributed by atoms with Crippen molar-refractivity contribution in [2.75, 3.05) is 14.2 Å². The molecule has 4 nitrogen and oxygen atoms in total. The Bertz CT molecular complexity index is 455. The van der Waals surface area contributed by atoms with Gasteiger partial charge < -0.3 is 14.6 Å². The zero-order valence-corrected chi connectivity index (χ0v) is 10.9. The number of rotatable bonds is 5. The number of methoxy groups -OCH3 is 2. The standard InChI is InChI=1S/C13H17FO4/c1-13(2,12(15)16)7-8-10(17-3)6-5-9(14)11(8)18-4/h5-6H,7H2,1-4H3,(H,15,16). The van der Waals surface area contributed by atoms with Crippen LogP contribution in [0.2, 0.25) is 0 Å². The number of hydrogen-bond donors (Lipinski definition) is 1. The summed E-state index contributed by atoms with van der Waals surface area (Å²) < 4.78 is 23.7. The molecule has 100 valence electrons. The van der Waals surface area contributed by atoms with Crippen molar-refractivity contribution < 1.29 is 23.8 Å². The first-order valence-electron chi connectivity index (χ1n) is 5.46. The molecule has 1 aromatic carbocycles. The fourth-order valence-electron chi connectivity index (χ4n) is 1.68. The van der Waals surface area contributed by atoms with E-state index in [1.807, 2.05) is 0 Å². The third kappa shape index (κ3) is 2.72. The largest absolute Gasteiger partial charge is 0.496 e. The SMILES string of the molecule is COc1ccc(F)c(OC)c1CC(C)(C)C(=O)O. The molecule has 0 radical (unpaired) electrons. The van der Waals surface area contributed by atoms with E-state index in [9.17, 15) is 9.18 Å². The van der Waals surface area contributed by atoms with E-state index < -0.39 is 17.2 Å². The third-order valence-corrected chi connectivity index (χ3v) is 2.79. The molecule has 1 rings (SSSR count). The van der Waals surface area contributed by atoms with Gasteiger partial charge in [0.25, 0.3) is 0 Å². The van der Waals surface area contributed by atoms with Gasteiger partial charge in [-0.25, -0.2) is 4.39 Å². The maximum Gasteiger partial charge on any atom is 0.309 e. The van der Waals surface area contributed by atoms with E-state index in [0.29, 0.717) is 11.3 Å². The minimum absolute atomic E-state index is 0.0312. The van der Waals surface area contributed by atoms with Crippen LogP contribution in [-0.4, -0.2) is 25.3 Å². The van der Waals surface area contributed by atoms with Gasteiger partial charge in [-0.3, -0.25) is 4.79 Å². The number of carboxylic acid groups (broad SMARTS) is 1. The average molecular weight is 256 g/mol. The Morgan fingerprint density at radius 2 is 1.94 bits per heavy atom. The molecule has 0 amide bonds. The molecular formula is C13H17FO4. The molecule has 0 aliphatic carbocycles. The molecule has 0 saturated heterocycles. The van der Waals surface area contributed by atoms with E-state index in [1.54, 1.807) is 13.8 Å². The van der Waals surface area contributed by atoms with Crippen molar-refractivity contribution >= 4 is 5.97 Å². The number of benzene rings is 1. The summed E-state index contributed by atoms with van der Waals surface area (Å²) >= 11 is 0. The van der Waals surface area contributed by atoms with Crippen LogP contribution in [0.3, 0.4) is 0 Å². The number of hydrogen-bond acceptors (Lipinski definition) is 3. The van der Waals surface area contributed by atoms with Gasteiger partial charge in [-0.2, -0.15) is 0 Å². The molecule has 0 fully saturated rings. The van der Waals surface area contributed by atoms with Crippen LogP contribution in [0.4, 0.5) is 4.39 Å². The highest BCUT2D eigenvalue weighted by molar-refractivity contribution is 5.74. The summed E-state index contributed by atoms with van der Waals surface area (Å²) in [6.45, 7) is 3.14. The molecular weight excluding hydrogens is 239 g/mol. The highest BCUT2D eigenvalue weighted by Crippen LogP contribution is 2.36. The summed E-state index contributed by atoms with van der Waals surface area (Å²) in [5, 5.41) is 9.12. The summed E-state index contributed by atoms with van der Waals surface area (Å²) in [5.41, 5.74) is -0.610. The van der Waals surface area contributed by atoms with Gasteiger partial charge in [0.15, 0.2) is 11.6 Å². The smallest absolute Gasteiger partial charge is 0.309 e. The predicted octanol–water partition coefficient (Wildman–Crippen LogP) is 2.50. The van der Waals surface area contributed by atoms with Crippen molar-refractivity contribution in [3.05, 3.63) is 23.5 Å². The molecule has 0 bridgehead atoms. The maximum absolute atomic E-state index is 13.6. The van der Waals surface area contributed by atoms with Crippen LogP contribution < -0.4 is 9.47 Å². The van der Waals surface area contributed by atoms with Gasteiger partial charge in [0.2, 0.25) is 0 Å². The van der Waals surface area contributed by atoms with Crippen molar-refractivity contribution in [1.82, 2.24) is 0 Å². The summed E-state index contributed by atoms with van der Waals surface area (Å²) in [6.07, 6.45) is 0.118. The first kappa shape index (κ1) is 14.3. The Balaban J connectivity index is 3.29. The normalized spacial score (nSPS) is 11.2. The Labute approximate surface area is 105 Å². The summed E-state index contributed by atoms with van der Waals surface area (Å²) in [7, 11) is 2.79. The molecule has 0 saturated carbocycles. The van der Waals surface area contributed by atoms with Gasteiger partial charge in [0.05, 0.1) is 19.6 Å². The molecule has 0 atom stereocenters. The molecule has 0 unspecified atom stereocenters. The molecule has 0 aliphatic rings. The lowest BCUT2D eigenvalue weighted by atomic mass is 9.85. The molecule has 0 heterocycles. The van der Waals surface area contributed by atoms with Crippen LogP contribution in [0.25, 0.3) is 0 Å². The summed E-state index contributed by atoms with van der Waals surface area (Å²) in [5.74, 6) is -1.04. The van der Waals surface area contributed by atoms with Crippen molar-refractivity contribution in [1.29, 1.82) is 0 Å². The van der Waals surface area contributed by atoms with Crippen molar-refractivity contribution in [2.24, 2.45) is 5.41 Å². The Morgan fingerprint density at radius 3 is 2.39 bits per heavy atom. The van der Waals surface area contributed by atoms with Crippen LogP contribution in [-0.2, 0) is 11.2 Å². The van der Waals surface area contributed by atoms with Crippen LogP contribution in [0.5, 0.6) is 11.5 Å². The first-order valence-corrected chi connectivity index (χ1v) is 5.46. The Morgan fingerprint density at radius 1 is 1.33 bits per heavy atom. The van der Waals surface area contributed by atoms with E-state index in [4.69, 9.17) is 14.6 Å². The molecule has 0 spiro atoms. The summed E-state index contributed by atoms with van der Waals surface area (Å²) in [4.78, 5) is 11.1. The average Bonchev–Trinajstić information content (AvgIpc) is 2.29. The van der Waals surface area contributed by atoms with Gasteiger partial charge >= 0.3 is 5.97 Å². The second-order valence-corrected chi connectivity index (χ2v) is 4.63. The van der Waals surface area contributed by atoms with Gasteiger partial charge in [0, 0.05) is 5.56 Å². The maximum atomic E-state index is 13.6. The van der Waals surface area contributed by atoms with Crippen molar-refractivity contribution in [3.8, 4) is 11.5 Å². The second-order valence-electron chi connectivity index (χ2n) is 4.63. The molecule has 18 heavy (non-hydrogen) atoms. The van der Waals surface area contributed by atoms with Crippen LogP contribution in [0, 0.1) is 11.2 Å². The highest BCUT2D eigenvalue weighted by atomic mass is 19.1. The van der Waals surface area contributed by atoms with Crippen molar-refractivity contribution in [3.63, 3.8) is 0 Å². The van der Waals surface area contributed by atoms with E-state index in [-0.39, 0.29) is 12.2 Å². The van der Waals surface area contributed by atoms with Gasteiger partial charge in [0.1, 0.15) is 5.75 Å². The monoisotopic (exact) mass is 256 g/mol. The second kappa shape index (κ2) is 5.25. The zero-order chi connectivity index (χ0) is 13.9. The minimum Gasteiger partial charge on any atom is -0.496 e. The van der Waals surface area contributed by atoms with Crippen LogP contribution in [0.15, 0.2) is 12.1 Å². The van der Waals surface area contributed by atoms with Gasteiger partial charge in [-0.1, -0.05) is 0 Å². The molecule has 1 aromatic rings. The molecule has 5 heteroatoms. The quantitative estimate of drug-likeness (QED) is 0.879. The summed E-state index contributed by atoms with van der Waals surface area (Å²) in [6, 6.07) is 2.69. The number of carbonyl (C=O) groups is 1. The molecule has 0 aromatic heterocycles. The van der Waals surface area contributed by atoms with Crippen LogP contribution in [0.1, 0.15) is 19.4 Å². The lowest BCUT2D eigenvalue weighted by Gasteiger charge is -2.22. The fraction of sp³-hybridized carbons (Fsp3) is 0.462. The minimum atomic E-state index is -1.03. The van der Waals surface area contributed by atoms with E-state index in [1.165, 1.54) is 26.4 Å². The number of halogens is 1. The fourth-order valence-corrected chi connectivity index (χ4v) is 1.68. The van der Waals surface area contributed by atoms with Gasteiger partial charge in [-0.05, 0) is 32.4 Å². The number of ether oxygens (including phenoxy) is 2. The van der Waals surface area contributed by atoms with Gasteiger partial charge in [-0.15, -0.1) is 0 Å². The zero-order valence-electron chi connectivity index (χ0n) is 10.9. The number of carboxylic acids is 1. The number of aliphatic carboxylic acids is 1. The topological polar surface area (TPSA) is 55.8 Å². The third-order valence-electron chi connectivity index (χ3n) is 2.79. The first-order chi connectivity index (χ1) is 8.33. The van der Waals surface area contributed by atoms with E-state index in [2.05, 4.69) is 0 Å². The van der Waals surface area contributed by atoms with E-state index >= 15 is 0 Å². The molecule has 1 N–H and O–H groups in total. The van der Waals surface area contributed by atoms with Crippen LogP contribution >= 0.6 is 0 Å². The lowest BCUT2D eigenvalue weighted by Crippen LogP contribution is -2.26.